The summed E-state index contributed by atoms with van der Waals surface area (Å²) in [5.41, 5.74) is 0.959. The van der Waals surface area contributed by atoms with Crippen LogP contribution in [0.5, 0.6) is 0 Å². The van der Waals surface area contributed by atoms with Crippen LogP contribution in [-0.2, 0) is 6.54 Å². The third-order valence-corrected chi connectivity index (χ3v) is 3.62. The van der Waals surface area contributed by atoms with E-state index >= 15 is 0 Å². The van der Waals surface area contributed by atoms with Gasteiger partial charge in [-0.15, -0.1) is 0 Å². The summed E-state index contributed by atoms with van der Waals surface area (Å²) in [6.07, 6.45) is 2.19. The lowest BCUT2D eigenvalue weighted by Crippen LogP contribution is -2.23. The van der Waals surface area contributed by atoms with E-state index in [-0.39, 0.29) is 6.04 Å². The van der Waals surface area contributed by atoms with Crippen molar-refractivity contribution in [3.8, 4) is 0 Å². The van der Waals surface area contributed by atoms with E-state index in [0.717, 1.165) is 42.6 Å². The molecule has 6 nitrogen and oxygen atoms in total. The van der Waals surface area contributed by atoms with Crippen LogP contribution in [0.3, 0.4) is 0 Å². The molecule has 0 spiro atoms. The second kappa shape index (κ2) is 4.77. The maximum atomic E-state index is 5.65. The van der Waals surface area contributed by atoms with E-state index in [1.165, 1.54) is 0 Å². The fourth-order valence-corrected chi connectivity index (χ4v) is 2.54. The second-order valence-electron chi connectivity index (χ2n) is 5.05. The van der Waals surface area contributed by atoms with Gasteiger partial charge in [0.25, 0.3) is 0 Å². The summed E-state index contributed by atoms with van der Waals surface area (Å²) >= 11 is 0. The average molecular weight is 262 g/mol. The normalized spacial score (nSPS) is 20.3. The van der Waals surface area contributed by atoms with Crippen LogP contribution in [-0.4, -0.2) is 26.6 Å². The molecule has 2 aromatic rings. The minimum absolute atomic E-state index is 0.213. The molecule has 0 aliphatic carbocycles. The van der Waals surface area contributed by atoms with Gasteiger partial charge in [0.05, 0.1) is 18.3 Å². The zero-order valence-corrected chi connectivity index (χ0v) is 11.5. The molecule has 3 rings (SSSR count). The maximum Gasteiger partial charge on any atom is 0.223 e. The molecule has 0 saturated carbocycles. The van der Waals surface area contributed by atoms with Crippen molar-refractivity contribution >= 4 is 0 Å². The molecule has 1 aliphatic rings. The maximum absolute atomic E-state index is 5.65. The lowest BCUT2D eigenvalue weighted by atomic mass is 10.2. The third kappa shape index (κ3) is 2.40. The van der Waals surface area contributed by atoms with E-state index in [9.17, 15) is 0 Å². The van der Waals surface area contributed by atoms with Crippen LogP contribution in [0.15, 0.2) is 8.94 Å². The molecular formula is C13H18N4O2. The molecule has 3 heterocycles. The van der Waals surface area contributed by atoms with Gasteiger partial charge in [0, 0.05) is 6.92 Å². The molecule has 19 heavy (non-hydrogen) atoms. The summed E-state index contributed by atoms with van der Waals surface area (Å²) in [4.78, 5) is 11.1. The van der Waals surface area contributed by atoms with E-state index in [4.69, 9.17) is 8.94 Å². The molecule has 1 atom stereocenters. The molecule has 1 fully saturated rings. The molecular weight excluding hydrogens is 244 g/mol. The number of aromatic nitrogens is 3. The zero-order chi connectivity index (χ0) is 13.4. The van der Waals surface area contributed by atoms with Crippen molar-refractivity contribution in [1.29, 1.82) is 0 Å². The molecule has 1 saturated heterocycles. The van der Waals surface area contributed by atoms with Gasteiger partial charge in [-0.25, -0.2) is 4.98 Å². The fraction of sp³-hybridized carbons (Fsp3) is 0.615. The van der Waals surface area contributed by atoms with Gasteiger partial charge in [-0.05, 0) is 33.2 Å². The highest BCUT2D eigenvalue weighted by molar-refractivity contribution is 5.06. The monoisotopic (exact) mass is 262 g/mol. The predicted molar refractivity (Wildman–Crippen MR) is 67.4 cm³/mol. The van der Waals surface area contributed by atoms with Gasteiger partial charge < -0.3 is 8.94 Å². The molecule has 0 bridgehead atoms. The lowest BCUT2D eigenvalue weighted by molar-refractivity contribution is 0.211. The van der Waals surface area contributed by atoms with Crippen molar-refractivity contribution in [2.75, 3.05) is 6.54 Å². The summed E-state index contributed by atoms with van der Waals surface area (Å²) in [5, 5.41) is 4.03. The molecule has 0 aromatic carbocycles. The highest BCUT2D eigenvalue weighted by atomic mass is 16.5. The van der Waals surface area contributed by atoms with Gasteiger partial charge in [0.15, 0.2) is 5.82 Å². The van der Waals surface area contributed by atoms with Gasteiger partial charge >= 0.3 is 0 Å². The Morgan fingerprint density at radius 2 is 2.11 bits per heavy atom. The Balaban J connectivity index is 1.76. The van der Waals surface area contributed by atoms with Crippen LogP contribution < -0.4 is 0 Å². The van der Waals surface area contributed by atoms with Crippen LogP contribution in [0.4, 0.5) is 0 Å². The van der Waals surface area contributed by atoms with Crippen molar-refractivity contribution < 1.29 is 8.94 Å². The first-order valence-electron chi connectivity index (χ1n) is 6.60. The second-order valence-corrected chi connectivity index (χ2v) is 5.05. The summed E-state index contributed by atoms with van der Waals surface area (Å²) in [6.45, 7) is 7.43. The van der Waals surface area contributed by atoms with Crippen molar-refractivity contribution in [3.63, 3.8) is 0 Å². The van der Waals surface area contributed by atoms with E-state index in [1.54, 1.807) is 0 Å². The smallest absolute Gasteiger partial charge is 0.223 e. The summed E-state index contributed by atoms with van der Waals surface area (Å²) in [5.74, 6) is 3.04. The van der Waals surface area contributed by atoms with Crippen molar-refractivity contribution in [2.45, 2.75) is 46.2 Å². The van der Waals surface area contributed by atoms with Gasteiger partial charge in [-0.2, -0.15) is 4.98 Å². The number of hydrogen-bond acceptors (Lipinski definition) is 6. The molecule has 0 amide bonds. The Bertz CT molecular complexity index is 555. The molecule has 2 aromatic heterocycles. The average Bonchev–Trinajstić information content (AvgIpc) is 3.03. The highest BCUT2D eigenvalue weighted by Gasteiger charge is 2.30. The van der Waals surface area contributed by atoms with Crippen LogP contribution in [0, 0.1) is 20.8 Å². The Morgan fingerprint density at radius 1 is 1.26 bits per heavy atom. The Kier molecular flexibility index (Phi) is 3.10. The summed E-state index contributed by atoms with van der Waals surface area (Å²) in [7, 11) is 0. The molecule has 0 unspecified atom stereocenters. The first-order valence-corrected chi connectivity index (χ1v) is 6.60. The van der Waals surface area contributed by atoms with E-state index < -0.39 is 0 Å². The van der Waals surface area contributed by atoms with E-state index in [2.05, 4.69) is 20.0 Å². The largest absolute Gasteiger partial charge is 0.444 e. The number of nitrogens with zero attached hydrogens (tertiary/aromatic N) is 4. The zero-order valence-electron chi connectivity index (χ0n) is 11.5. The van der Waals surface area contributed by atoms with E-state index in [1.807, 2.05) is 20.8 Å². The summed E-state index contributed by atoms with van der Waals surface area (Å²) < 4.78 is 10.7. The van der Waals surface area contributed by atoms with Crippen LogP contribution in [0.25, 0.3) is 0 Å². The van der Waals surface area contributed by atoms with Crippen LogP contribution in [0.2, 0.25) is 0 Å². The number of likely N-dealkylation sites (tertiary alicyclic amines) is 1. The number of oxazole rings is 1. The van der Waals surface area contributed by atoms with Crippen LogP contribution >= 0.6 is 0 Å². The Labute approximate surface area is 111 Å². The molecule has 1 aliphatic heterocycles. The first-order chi connectivity index (χ1) is 9.13. The van der Waals surface area contributed by atoms with Crippen molar-refractivity contribution in [3.05, 3.63) is 29.1 Å². The predicted octanol–water partition coefficient (Wildman–Crippen LogP) is 2.32. The standard InChI is InChI=1S/C13H18N4O2/c1-8-9(2)18-12(14-8)7-17-6-4-5-11(17)13-15-10(3)19-16-13/h11H,4-7H2,1-3H3/t11-/m1/s1. The van der Waals surface area contributed by atoms with E-state index in [0.29, 0.717) is 12.4 Å². The SMILES string of the molecule is Cc1nc([C@H]2CCCN2Cc2nc(C)c(C)o2)no1. The number of hydrogen-bond donors (Lipinski definition) is 0. The summed E-state index contributed by atoms with van der Waals surface area (Å²) in [6, 6.07) is 0.213. The number of rotatable bonds is 3. The minimum Gasteiger partial charge on any atom is -0.444 e. The topological polar surface area (TPSA) is 68.2 Å². The molecule has 0 N–H and O–H groups in total. The van der Waals surface area contributed by atoms with Crippen molar-refractivity contribution in [2.24, 2.45) is 0 Å². The van der Waals surface area contributed by atoms with Gasteiger partial charge in [0.1, 0.15) is 5.76 Å². The van der Waals surface area contributed by atoms with Gasteiger partial charge in [-0.1, -0.05) is 5.16 Å². The van der Waals surface area contributed by atoms with Gasteiger partial charge in [0.2, 0.25) is 11.8 Å². The lowest BCUT2D eigenvalue weighted by Gasteiger charge is -2.19. The van der Waals surface area contributed by atoms with Gasteiger partial charge in [-0.3, -0.25) is 4.90 Å². The Morgan fingerprint density at radius 3 is 2.74 bits per heavy atom. The molecule has 102 valence electrons. The third-order valence-electron chi connectivity index (χ3n) is 3.62. The fourth-order valence-electron chi connectivity index (χ4n) is 2.54. The first kappa shape index (κ1) is 12.3. The molecule has 0 radical (unpaired) electrons. The Hall–Kier alpha value is -1.69. The van der Waals surface area contributed by atoms with Crippen LogP contribution in [0.1, 0.15) is 47.9 Å². The van der Waals surface area contributed by atoms with Crippen molar-refractivity contribution in [1.82, 2.24) is 20.0 Å². The highest BCUT2D eigenvalue weighted by Crippen LogP contribution is 2.31. The molecule has 6 heteroatoms. The quantitative estimate of drug-likeness (QED) is 0.845. The number of aryl methyl sites for hydroxylation is 3. The minimum atomic E-state index is 0.213.